The number of benzene rings is 1. The molecule has 0 saturated carbocycles. The van der Waals surface area contributed by atoms with E-state index in [1.807, 2.05) is 12.1 Å². The molecule has 1 aliphatic rings. The Balaban J connectivity index is 2.11. The van der Waals surface area contributed by atoms with Gasteiger partial charge in [-0.25, -0.2) is 0 Å². The molecule has 0 radical (unpaired) electrons. The number of halogens is 1. The van der Waals surface area contributed by atoms with Crippen molar-refractivity contribution in [3.8, 4) is 5.75 Å². The van der Waals surface area contributed by atoms with Crippen molar-refractivity contribution in [1.82, 2.24) is 10.3 Å². The van der Waals surface area contributed by atoms with Gasteiger partial charge in [0, 0.05) is 17.1 Å². The van der Waals surface area contributed by atoms with Gasteiger partial charge in [-0.2, -0.15) is 0 Å². The number of hydrogen-bond acceptors (Lipinski definition) is 2. The summed E-state index contributed by atoms with van der Waals surface area (Å²) in [5.41, 5.74) is 2.42. The molecule has 2 heterocycles. The monoisotopic (exact) mass is 264 g/mol. The molecule has 4 heteroatoms. The van der Waals surface area contributed by atoms with Gasteiger partial charge >= 0.3 is 0 Å². The SMILES string of the molecule is COc1ccc2[nH]cc(C3CCNCC3)c2c1Cl. The van der Waals surface area contributed by atoms with Crippen LogP contribution in [0.2, 0.25) is 5.02 Å². The highest BCUT2D eigenvalue weighted by molar-refractivity contribution is 6.37. The second-order valence-corrected chi connectivity index (χ2v) is 5.15. The van der Waals surface area contributed by atoms with Gasteiger partial charge in [-0.3, -0.25) is 0 Å². The van der Waals surface area contributed by atoms with E-state index in [1.54, 1.807) is 7.11 Å². The molecule has 18 heavy (non-hydrogen) atoms. The summed E-state index contributed by atoms with van der Waals surface area (Å²) in [6.07, 6.45) is 4.44. The molecule has 0 bridgehead atoms. The molecule has 0 spiro atoms. The maximum Gasteiger partial charge on any atom is 0.138 e. The van der Waals surface area contributed by atoms with Crippen LogP contribution in [0.5, 0.6) is 5.75 Å². The van der Waals surface area contributed by atoms with E-state index in [-0.39, 0.29) is 0 Å². The zero-order chi connectivity index (χ0) is 12.5. The van der Waals surface area contributed by atoms with E-state index < -0.39 is 0 Å². The normalized spacial score (nSPS) is 17.2. The third-order valence-electron chi connectivity index (χ3n) is 3.78. The summed E-state index contributed by atoms with van der Waals surface area (Å²) in [4.78, 5) is 3.32. The Hall–Kier alpha value is -1.19. The first-order valence-electron chi connectivity index (χ1n) is 6.35. The smallest absolute Gasteiger partial charge is 0.138 e. The molecule has 1 aromatic heterocycles. The number of rotatable bonds is 2. The Labute approximate surface area is 111 Å². The van der Waals surface area contributed by atoms with Crippen molar-refractivity contribution in [3.63, 3.8) is 0 Å². The average molecular weight is 265 g/mol. The van der Waals surface area contributed by atoms with Crippen LogP contribution in [0.25, 0.3) is 10.9 Å². The molecule has 2 aromatic rings. The van der Waals surface area contributed by atoms with Gasteiger partial charge in [-0.05, 0) is 49.5 Å². The third kappa shape index (κ3) is 1.88. The maximum absolute atomic E-state index is 6.45. The fourth-order valence-electron chi connectivity index (χ4n) is 2.80. The first kappa shape index (κ1) is 11.9. The summed E-state index contributed by atoms with van der Waals surface area (Å²) in [5, 5.41) is 5.25. The Kier molecular flexibility index (Phi) is 3.18. The van der Waals surface area contributed by atoms with E-state index in [1.165, 1.54) is 18.4 Å². The van der Waals surface area contributed by atoms with Crippen molar-refractivity contribution in [3.05, 3.63) is 28.9 Å². The van der Waals surface area contributed by atoms with Gasteiger partial charge in [0.1, 0.15) is 5.75 Å². The molecule has 3 nitrogen and oxygen atoms in total. The molecule has 0 atom stereocenters. The fraction of sp³-hybridized carbons (Fsp3) is 0.429. The molecule has 0 aliphatic carbocycles. The molecule has 1 fully saturated rings. The minimum atomic E-state index is 0.588. The van der Waals surface area contributed by atoms with Gasteiger partial charge in [0.2, 0.25) is 0 Å². The summed E-state index contributed by atoms with van der Waals surface area (Å²) >= 11 is 6.45. The Morgan fingerprint density at radius 3 is 2.78 bits per heavy atom. The second kappa shape index (κ2) is 4.82. The highest BCUT2D eigenvalue weighted by Gasteiger charge is 2.21. The molecule has 0 amide bonds. The quantitative estimate of drug-likeness (QED) is 0.873. The minimum absolute atomic E-state index is 0.588. The summed E-state index contributed by atoms with van der Waals surface area (Å²) in [5.74, 6) is 1.34. The van der Waals surface area contributed by atoms with Crippen molar-refractivity contribution in [2.45, 2.75) is 18.8 Å². The fourth-order valence-corrected chi connectivity index (χ4v) is 3.15. The van der Waals surface area contributed by atoms with Gasteiger partial charge in [0.05, 0.1) is 12.1 Å². The summed E-state index contributed by atoms with van der Waals surface area (Å²) in [7, 11) is 1.66. The van der Waals surface area contributed by atoms with E-state index in [0.717, 1.165) is 34.8 Å². The molecule has 96 valence electrons. The molecule has 0 unspecified atom stereocenters. The lowest BCUT2D eigenvalue weighted by molar-refractivity contribution is 0.415. The Morgan fingerprint density at radius 1 is 1.28 bits per heavy atom. The zero-order valence-corrected chi connectivity index (χ0v) is 11.2. The Morgan fingerprint density at radius 2 is 2.06 bits per heavy atom. The van der Waals surface area contributed by atoms with E-state index in [4.69, 9.17) is 16.3 Å². The number of hydrogen-bond donors (Lipinski definition) is 2. The second-order valence-electron chi connectivity index (χ2n) is 4.77. The number of ether oxygens (including phenoxy) is 1. The number of fused-ring (bicyclic) bond motifs is 1. The molecular formula is C14H17ClN2O. The lowest BCUT2D eigenvalue weighted by Crippen LogP contribution is -2.26. The maximum atomic E-state index is 6.45. The van der Waals surface area contributed by atoms with Crippen LogP contribution >= 0.6 is 11.6 Å². The van der Waals surface area contributed by atoms with E-state index >= 15 is 0 Å². The number of piperidine rings is 1. The average Bonchev–Trinajstić information content (AvgIpc) is 2.85. The van der Waals surface area contributed by atoms with Crippen molar-refractivity contribution in [2.75, 3.05) is 20.2 Å². The molecule has 2 N–H and O–H groups in total. The minimum Gasteiger partial charge on any atom is -0.495 e. The topological polar surface area (TPSA) is 37.0 Å². The van der Waals surface area contributed by atoms with Crippen molar-refractivity contribution in [2.24, 2.45) is 0 Å². The summed E-state index contributed by atoms with van der Waals surface area (Å²) in [6.45, 7) is 2.16. The lowest BCUT2D eigenvalue weighted by atomic mass is 9.90. The molecular weight excluding hydrogens is 248 g/mol. The summed E-state index contributed by atoms with van der Waals surface area (Å²) < 4.78 is 5.31. The van der Waals surface area contributed by atoms with Crippen molar-refractivity contribution >= 4 is 22.5 Å². The predicted octanol–water partition coefficient (Wildman–Crippen LogP) is 3.30. The van der Waals surface area contributed by atoms with Gasteiger partial charge < -0.3 is 15.0 Å². The Bertz CT molecular complexity index is 558. The van der Waals surface area contributed by atoms with Crippen LogP contribution in [0.1, 0.15) is 24.3 Å². The van der Waals surface area contributed by atoms with Crippen LogP contribution in [0.15, 0.2) is 18.3 Å². The molecule has 1 aromatic carbocycles. The third-order valence-corrected chi connectivity index (χ3v) is 4.15. The predicted molar refractivity (Wildman–Crippen MR) is 74.7 cm³/mol. The number of nitrogens with one attached hydrogen (secondary N) is 2. The molecule has 1 saturated heterocycles. The first-order chi connectivity index (χ1) is 8.81. The van der Waals surface area contributed by atoms with Crippen LogP contribution in [0.4, 0.5) is 0 Å². The number of aromatic nitrogens is 1. The van der Waals surface area contributed by atoms with Crippen LogP contribution in [0, 0.1) is 0 Å². The highest BCUT2D eigenvalue weighted by Crippen LogP contribution is 2.39. The largest absolute Gasteiger partial charge is 0.495 e. The molecule has 1 aliphatic heterocycles. The number of aromatic amines is 1. The zero-order valence-electron chi connectivity index (χ0n) is 10.4. The van der Waals surface area contributed by atoms with E-state index in [0.29, 0.717) is 5.92 Å². The van der Waals surface area contributed by atoms with Crippen molar-refractivity contribution in [1.29, 1.82) is 0 Å². The highest BCUT2D eigenvalue weighted by atomic mass is 35.5. The van der Waals surface area contributed by atoms with Crippen LogP contribution < -0.4 is 10.1 Å². The van der Waals surface area contributed by atoms with Crippen LogP contribution in [0.3, 0.4) is 0 Å². The van der Waals surface area contributed by atoms with Gasteiger partial charge in [-0.15, -0.1) is 0 Å². The summed E-state index contributed by atoms with van der Waals surface area (Å²) in [6, 6.07) is 3.94. The van der Waals surface area contributed by atoms with Crippen LogP contribution in [-0.2, 0) is 0 Å². The van der Waals surface area contributed by atoms with Gasteiger partial charge in [0.25, 0.3) is 0 Å². The van der Waals surface area contributed by atoms with E-state index in [2.05, 4.69) is 16.5 Å². The molecule has 3 rings (SSSR count). The van der Waals surface area contributed by atoms with Gasteiger partial charge in [0.15, 0.2) is 0 Å². The lowest BCUT2D eigenvalue weighted by Gasteiger charge is -2.22. The standard InChI is InChI=1S/C14H17ClN2O/c1-18-12-3-2-11-13(14(12)15)10(8-17-11)9-4-6-16-7-5-9/h2-3,8-9,16-17H,4-7H2,1H3. The van der Waals surface area contributed by atoms with Crippen LogP contribution in [-0.4, -0.2) is 25.2 Å². The van der Waals surface area contributed by atoms with E-state index in [9.17, 15) is 0 Å². The number of methoxy groups -OCH3 is 1. The van der Waals surface area contributed by atoms with Gasteiger partial charge in [-0.1, -0.05) is 11.6 Å². The van der Waals surface area contributed by atoms with Crippen molar-refractivity contribution < 1.29 is 4.74 Å². The number of H-pyrrole nitrogens is 1. The first-order valence-corrected chi connectivity index (χ1v) is 6.73.